The third-order valence-electron chi connectivity index (χ3n) is 2.57. The van der Waals surface area contributed by atoms with E-state index in [1.54, 1.807) is 0 Å². The zero-order chi connectivity index (χ0) is 14.3. The van der Waals surface area contributed by atoms with Crippen molar-refractivity contribution >= 4 is 16.6 Å². The first-order chi connectivity index (χ1) is 8.75. The van der Waals surface area contributed by atoms with Crippen molar-refractivity contribution in [2.75, 3.05) is 0 Å². The quantitative estimate of drug-likeness (QED) is 0.619. The van der Waals surface area contributed by atoms with Crippen LogP contribution < -0.4 is 0 Å². The number of aromatic nitrogens is 1. The topological polar surface area (TPSA) is 30.0 Å². The van der Waals surface area contributed by atoms with Gasteiger partial charge in [-0.15, -0.1) is 0 Å². The van der Waals surface area contributed by atoms with Gasteiger partial charge in [0.2, 0.25) is 5.78 Å². The Morgan fingerprint density at radius 3 is 2.37 bits per heavy atom. The number of nitrogens with zero attached hydrogens (tertiary/aromatic N) is 1. The van der Waals surface area contributed by atoms with Crippen LogP contribution in [0.25, 0.3) is 10.8 Å². The lowest BCUT2D eigenvalue weighted by molar-refractivity contribution is -0.255. The lowest BCUT2D eigenvalue weighted by Crippen LogP contribution is -2.44. The number of carbonyl (C=O) groups excluding carboxylic acids is 1. The van der Waals surface area contributed by atoms with Gasteiger partial charge in [0.15, 0.2) is 0 Å². The Bertz CT molecular complexity index is 630. The molecule has 0 fully saturated rings. The minimum Gasteiger partial charge on any atom is -0.287 e. The summed E-state index contributed by atoms with van der Waals surface area (Å²) in [5.74, 6) is -7.68. The molecule has 0 aliphatic rings. The summed E-state index contributed by atoms with van der Waals surface area (Å²) < 4.78 is 62.7. The van der Waals surface area contributed by atoms with Crippen LogP contribution in [-0.4, -0.2) is 22.9 Å². The highest BCUT2D eigenvalue weighted by molar-refractivity contribution is 6.11. The maximum absolute atomic E-state index is 13.0. The zero-order valence-corrected chi connectivity index (χ0v) is 9.21. The maximum atomic E-state index is 13.0. The SMILES string of the molecule is O=C(c1cccc2cnccc12)C(F)(F)C(F)(F)F. The van der Waals surface area contributed by atoms with Crippen LogP contribution in [0, 0.1) is 0 Å². The van der Waals surface area contributed by atoms with E-state index in [4.69, 9.17) is 0 Å². The highest BCUT2D eigenvalue weighted by Crippen LogP contribution is 2.39. The van der Waals surface area contributed by atoms with Gasteiger partial charge < -0.3 is 0 Å². The largest absolute Gasteiger partial charge is 0.461 e. The van der Waals surface area contributed by atoms with Crippen molar-refractivity contribution in [3.8, 4) is 0 Å². The van der Waals surface area contributed by atoms with Crippen molar-refractivity contribution in [2.45, 2.75) is 12.1 Å². The standard InChI is InChI=1S/C12H6F5NO/c13-11(14,12(15,16)17)10(19)9-3-1-2-7-6-18-5-4-8(7)9/h1-6H. The van der Waals surface area contributed by atoms with Crippen LogP contribution in [-0.2, 0) is 0 Å². The molecule has 0 saturated carbocycles. The first-order valence-electron chi connectivity index (χ1n) is 5.07. The first kappa shape index (κ1) is 13.4. The summed E-state index contributed by atoms with van der Waals surface area (Å²) in [4.78, 5) is 15.1. The molecular weight excluding hydrogens is 269 g/mol. The van der Waals surface area contributed by atoms with Gasteiger partial charge in [-0.1, -0.05) is 18.2 Å². The average Bonchev–Trinajstić information content (AvgIpc) is 2.36. The monoisotopic (exact) mass is 275 g/mol. The summed E-state index contributed by atoms with van der Waals surface area (Å²) in [6, 6.07) is 4.84. The van der Waals surface area contributed by atoms with E-state index >= 15 is 0 Å². The van der Waals surface area contributed by atoms with Gasteiger partial charge in [0.05, 0.1) is 0 Å². The van der Waals surface area contributed by atoms with E-state index < -0.39 is 23.4 Å². The van der Waals surface area contributed by atoms with E-state index in [0.717, 1.165) is 6.07 Å². The third-order valence-corrected chi connectivity index (χ3v) is 2.57. The molecule has 0 spiro atoms. The Balaban J connectivity index is 2.60. The number of benzene rings is 1. The van der Waals surface area contributed by atoms with Gasteiger partial charge in [-0.05, 0) is 11.5 Å². The molecule has 0 N–H and O–H groups in total. The van der Waals surface area contributed by atoms with E-state index in [2.05, 4.69) is 4.98 Å². The summed E-state index contributed by atoms with van der Waals surface area (Å²) >= 11 is 0. The average molecular weight is 275 g/mol. The Morgan fingerprint density at radius 1 is 1.05 bits per heavy atom. The zero-order valence-electron chi connectivity index (χ0n) is 9.21. The lowest BCUT2D eigenvalue weighted by atomic mass is 9.99. The van der Waals surface area contributed by atoms with E-state index in [1.165, 1.54) is 30.6 Å². The molecule has 2 aromatic rings. The van der Waals surface area contributed by atoms with Crippen molar-refractivity contribution in [3.63, 3.8) is 0 Å². The molecule has 1 heterocycles. The summed E-state index contributed by atoms with van der Waals surface area (Å²) in [6.07, 6.45) is -3.43. The number of rotatable bonds is 2. The van der Waals surface area contributed by atoms with Crippen LogP contribution in [0.5, 0.6) is 0 Å². The Morgan fingerprint density at radius 2 is 1.74 bits per heavy atom. The Labute approximate surface area is 103 Å². The Kier molecular flexibility index (Phi) is 3.00. The van der Waals surface area contributed by atoms with Gasteiger partial charge in [0.25, 0.3) is 0 Å². The van der Waals surface area contributed by atoms with E-state index in [1.807, 2.05) is 0 Å². The maximum Gasteiger partial charge on any atom is 0.461 e. The van der Waals surface area contributed by atoms with E-state index in [0.29, 0.717) is 5.39 Å². The highest BCUT2D eigenvalue weighted by Gasteiger charge is 2.63. The molecule has 0 aliphatic carbocycles. The fourth-order valence-electron chi connectivity index (χ4n) is 1.62. The molecular formula is C12H6F5NO. The molecule has 19 heavy (non-hydrogen) atoms. The van der Waals surface area contributed by atoms with Crippen molar-refractivity contribution in [3.05, 3.63) is 42.2 Å². The van der Waals surface area contributed by atoms with Gasteiger partial charge in [0, 0.05) is 23.3 Å². The molecule has 2 rings (SSSR count). The fourth-order valence-corrected chi connectivity index (χ4v) is 1.62. The second-order valence-corrected chi connectivity index (χ2v) is 3.80. The number of Topliss-reactive ketones (excluding diaryl/α,β-unsaturated/α-hetero) is 1. The summed E-state index contributed by atoms with van der Waals surface area (Å²) in [7, 11) is 0. The molecule has 0 aliphatic heterocycles. The van der Waals surface area contributed by atoms with Crippen LogP contribution in [0.2, 0.25) is 0 Å². The number of ketones is 1. The number of halogens is 5. The van der Waals surface area contributed by atoms with Crippen LogP contribution >= 0.6 is 0 Å². The molecule has 0 radical (unpaired) electrons. The summed E-state index contributed by atoms with van der Waals surface area (Å²) in [5, 5.41) is 0.317. The first-order valence-corrected chi connectivity index (χ1v) is 5.07. The second kappa shape index (κ2) is 4.25. The molecule has 1 aromatic carbocycles. The number of hydrogen-bond donors (Lipinski definition) is 0. The van der Waals surface area contributed by atoms with Crippen LogP contribution in [0.1, 0.15) is 10.4 Å². The number of alkyl halides is 5. The van der Waals surface area contributed by atoms with Crippen molar-refractivity contribution in [1.29, 1.82) is 0 Å². The van der Waals surface area contributed by atoms with Crippen LogP contribution in [0.15, 0.2) is 36.7 Å². The van der Waals surface area contributed by atoms with Gasteiger partial charge in [-0.3, -0.25) is 9.78 Å². The second-order valence-electron chi connectivity index (χ2n) is 3.80. The number of fused-ring (bicyclic) bond motifs is 1. The molecule has 7 heteroatoms. The normalized spacial score (nSPS) is 12.7. The van der Waals surface area contributed by atoms with Gasteiger partial charge in [-0.2, -0.15) is 22.0 Å². The predicted molar refractivity (Wildman–Crippen MR) is 57.1 cm³/mol. The van der Waals surface area contributed by atoms with Crippen molar-refractivity contribution in [1.82, 2.24) is 4.98 Å². The van der Waals surface area contributed by atoms with E-state index in [9.17, 15) is 26.7 Å². The summed E-state index contributed by atoms with van der Waals surface area (Å²) in [5.41, 5.74) is -0.678. The molecule has 100 valence electrons. The molecule has 0 atom stereocenters. The van der Waals surface area contributed by atoms with E-state index in [-0.39, 0.29) is 5.39 Å². The molecule has 0 saturated heterocycles. The minimum absolute atomic E-state index is 0.00595. The third kappa shape index (κ3) is 2.16. The van der Waals surface area contributed by atoms with Gasteiger partial charge in [-0.25, -0.2) is 0 Å². The Hall–Kier alpha value is -2.05. The molecule has 0 bridgehead atoms. The number of pyridine rings is 1. The van der Waals surface area contributed by atoms with Crippen LogP contribution in [0.4, 0.5) is 22.0 Å². The van der Waals surface area contributed by atoms with Gasteiger partial charge >= 0.3 is 12.1 Å². The molecule has 1 aromatic heterocycles. The molecule has 2 nitrogen and oxygen atoms in total. The van der Waals surface area contributed by atoms with Crippen molar-refractivity contribution < 1.29 is 26.7 Å². The molecule has 0 amide bonds. The van der Waals surface area contributed by atoms with Gasteiger partial charge in [0.1, 0.15) is 0 Å². The molecule has 0 unspecified atom stereocenters. The fraction of sp³-hybridized carbons (Fsp3) is 0.167. The lowest BCUT2D eigenvalue weighted by Gasteiger charge is -2.18. The number of hydrogen-bond acceptors (Lipinski definition) is 2. The minimum atomic E-state index is -5.92. The highest BCUT2D eigenvalue weighted by atomic mass is 19.4. The number of carbonyl (C=O) groups is 1. The predicted octanol–water partition coefficient (Wildman–Crippen LogP) is 3.62. The smallest absolute Gasteiger partial charge is 0.287 e. The van der Waals surface area contributed by atoms with Crippen LogP contribution in [0.3, 0.4) is 0 Å². The summed E-state index contributed by atoms with van der Waals surface area (Å²) in [6.45, 7) is 0. The van der Waals surface area contributed by atoms with Crippen molar-refractivity contribution in [2.24, 2.45) is 0 Å².